The average Bonchev–Trinajstić information content (AvgIpc) is 2.85. The van der Waals surface area contributed by atoms with Crippen LogP contribution in [0.2, 0.25) is 0 Å². The fraction of sp³-hybridized carbons (Fsp3) is 0.615. The number of esters is 1. The van der Waals surface area contributed by atoms with Crippen LogP contribution in [0, 0.1) is 0 Å². The molecule has 0 amide bonds. The summed E-state index contributed by atoms with van der Waals surface area (Å²) in [4.78, 5) is 11.3. The summed E-state index contributed by atoms with van der Waals surface area (Å²) in [6.45, 7) is 7.12. The minimum atomic E-state index is -0.983. The Labute approximate surface area is 106 Å². The van der Waals surface area contributed by atoms with Gasteiger partial charge in [-0.25, -0.2) is 0 Å². The maximum absolute atomic E-state index is 11.3. The molecule has 2 heterocycles. The Balaban J connectivity index is 2.29. The van der Waals surface area contributed by atoms with Gasteiger partial charge in [-0.3, -0.25) is 4.79 Å². The van der Waals surface area contributed by atoms with Crippen LogP contribution in [-0.2, 0) is 24.6 Å². The Morgan fingerprint density at radius 2 is 2.28 bits per heavy atom. The second-order valence-electron chi connectivity index (χ2n) is 5.00. The van der Waals surface area contributed by atoms with Crippen molar-refractivity contribution in [1.29, 1.82) is 0 Å². The lowest BCUT2D eigenvalue weighted by molar-refractivity contribution is -0.194. The number of rotatable bonds is 3. The van der Waals surface area contributed by atoms with E-state index in [2.05, 4.69) is 0 Å². The summed E-state index contributed by atoms with van der Waals surface area (Å²) in [6.07, 6.45) is 1.14. The Morgan fingerprint density at radius 3 is 2.72 bits per heavy atom. The summed E-state index contributed by atoms with van der Waals surface area (Å²) >= 11 is 0. The van der Waals surface area contributed by atoms with Gasteiger partial charge in [0, 0.05) is 6.92 Å². The first-order chi connectivity index (χ1) is 8.33. The first-order valence-electron chi connectivity index (χ1n) is 5.89. The van der Waals surface area contributed by atoms with Crippen molar-refractivity contribution in [2.24, 2.45) is 0 Å². The number of carbonyl (C=O) groups is 1. The van der Waals surface area contributed by atoms with E-state index in [4.69, 9.17) is 18.6 Å². The van der Waals surface area contributed by atoms with E-state index in [9.17, 15) is 4.79 Å². The largest absolute Gasteiger partial charge is 0.465 e. The number of hydrogen-bond donors (Lipinski definition) is 0. The molecule has 2 atom stereocenters. The van der Waals surface area contributed by atoms with E-state index >= 15 is 0 Å². The maximum Gasteiger partial charge on any atom is 0.303 e. The van der Waals surface area contributed by atoms with Crippen LogP contribution in [0.25, 0.3) is 0 Å². The van der Waals surface area contributed by atoms with Crippen molar-refractivity contribution in [3.63, 3.8) is 0 Å². The minimum Gasteiger partial charge on any atom is -0.465 e. The van der Waals surface area contributed by atoms with Crippen molar-refractivity contribution in [2.75, 3.05) is 6.61 Å². The third-order valence-corrected chi connectivity index (χ3v) is 2.99. The molecule has 1 aliphatic rings. The van der Waals surface area contributed by atoms with Crippen molar-refractivity contribution in [3.8, 4) is 0 Å². The predicted octanol–water partition coefficient (Wildman–Crippen LogP) is 2.21. The van der Waals surface area contributed by atoms with E-state index in [0.717, 1.165) is 0 Å². The lowest BCUT2D eigenvalue weighted by atomic mass is 9.96. The molecule has 2 rings (SSSR count). The van der Waals surface area contributed by atoms with Crippen LogP contribution in [0.5, 0.6) is 0 Å². The monoisotopic (exact) mass is 254 g/mol. The van der Waals surface area contributed by atoms with E-state index < -0.39 is 17.5 Å². The lowest BCUT2D eigenvalue weighted by Crippen LogP contribution is -2.42. The molecular formula is C13H18O5. The molecule has 0 radical (unpaired) electrons. The third-order valence-electron chi connectivity index (χ3n) is 2.99. The molecule has 1 aromatic heterocycles. The van der Waals surface area contributed by atoms with Gasteiger partial charge in [0.05, 0.1) is 12.9 Å². The summed E-state index contributed by atoms with van der Waals surface area (Å²) in [5.74, 6) is -0.523. The number of hydrogen-bond acceptors (Lipinski definition) is 5. The highest BCUT2D eigenvalue weighted by molar-refractivity contribution is 5.66. The van der Waals surface area contributed by atoms with Crippen molar-refractivity contribution < 1.29 is 23.4 Å². The Hall–Kier alpha value is -1.33. The van der Waals surface area contributed by atoms with Gasteiger partial charge in [-0.05, 0) is 32.9 Å². The highest BCUT2D eigenvalue weighted by Gasteiger charge is 2.49. The van der Waals surface area contributed by atoms with Gasteiger partial charge in [-0.2, -0.15) is 0 Å². The van der Waals surface area contributed by atoms with E-state index in [1.165, 1.54) is 13.2 Å². The van der Waals surface area contributed by atoms with Gasteiger partial charge in [-0.1, -0.05) is 0 Å². The fourth-order valence-electron chi connectivity index (χ4n) is 2.09. The zero-order valence-corrected chi connectivity index (χ0v) is 11.1. The SMILES string of the molecule is CC(=O)O[C@@](C)(c1ccco1)[C@H]1COC(C)(C)O1. The Morgan fingerprint density at radius 1 is 1.56 bits per heavy atom. The predicted molar refractivity (Wildman–Crippen MR) is 62.7 cm³/mol. The maximum atomic E-state index is 11.3. The first-order valence-corrected chi connectivity index (χ1v) is 5.89. The third kappa shape index (κ3) is 2.42. The fourth-order valence-corrected chi connectivity index (χ4v) is 2.09. The summed E-state index contributed by atoms with van der Waals surface area (Å²) < 4.78 is 22.1. The first kappa shape index (κ1) is 13.1. The van der Waals surface area contributed by atoms with E-state index in [0.29, 0.717) is 12.4 Å². The molecular weight excluding hydrogens is 236 g/mol. The van der Waals surface area contributed by atoms with Gasteiger partial charge in [0.25, 0.3) is 0 Å². The summed E-state index contributed by atoms with van der Waals surface area (Å²) in [5.41, 5.74) is -0.983. The van der Waals surface area contributed by atoms with E-state index in [-0.39, 0.29) is 5.97 Å². The van der Waals surface area contributed by atoms with Crippen LogP contribution in [0.3, 0.4) is 0 Å². The molecule has 1 saturated heterocycles. The highest BCUT2D eigenvalue weighted by Crippen LogP contribution is 2.38. The molecule has 100 valence electrons. The highest BCUT2D eigenvalue weighted by atomic mass is 16.8. The molecule has 18 heavy (non-hydrogen) atoms. The normalized spacial score (nSPS) is 25.7. The van der Waals surface area contributed by atoms with Gasteiger partial charge in [-0.15, -0.1) is 0 Å². The zero-order valence-electron chi connectivity index (χ0n) is 11.1. The molecule has 0 unspecified atom stereocenters. The van der Waals surface area contributed by atoms with Crippen LogP contribution in [0.1, 0.15) is 33.5 Å². The van der Waals surface area contributed by atoms with Crippen LogP contribution < -0.4 is 0 Å². The molecule has 0 saturated carbocycles. The topological polar surface area (TPSA) is 57.9 Å². The molecule has 1 fully saturated rings. The van der Waals surface area contributed by atoms with Gasteiger partial charge < -0.3 is 18.6 Å². The summed E-state index contributed by atoms with van der Waals surface area (Å²) in [5, 5.41) is 0. The van der Waals surface area contributed by atoms with Crippen LogP contribution >= 0.6 is 0 Å². The van der Waals surface area contributed by atoms with E-state index in [1.54, 1.807) is 19.1 Å². The number of furan rings is 1. The lowest BCUT2D eigenvalue weighted by Gasteiger charge is -2.32. The van der Waals surface area contributed by atoms with Crippen LogP contribution in [-0.4, -0.2) is 24.5 Å². The molecule has 0 aliphatic carbocycles. The zero-order chi connectivity index (χ0) is 13.4. The smallest absolute Gasteiger partial charge is 0.303 e. The van der Waals surface area contributed by atoms with Gasteiger partial charge in [0.1, 0.15) is 11.9 Å². The summed E-state index contributed by atoms with van der Waals surface area (Å²) in [7, 11) is 0. The molecule has 5 heteroatoms. The van der Waals surface area contributed by atoms with Crippen molar-refractivity contribution >= 4 is 5.97 Å². The Bertz CT molecular complexity index is 423. The van der Waals surface area contributed by atoms with Gasteiger partial charge >= 0.3 is 5.97 Å². The van der Waals surface area contributed by atoms with E-state index in [1.807, 2.05) is 13.8 Å². The summed E-state index contributed by atoms with van der Waals surface area (Å²) in [6, 6.07) is 3.51. The standard InChI is InChI=1S/C13H18O5/c1-9(14)17-13(4,10-6-5-7-15-10)11-8-16-12(2,3)18-11/h5-7,11H,8H2,1-4H3/t11-,13+/m1/s1. The molecule has 1 aromatic rings. The number of carbonyl (C=O) groups excluding carboxylic acids is 1. The van der Waals surface area contributed by atoms with Crippen LogP contribution in [0.4, 0.5) is 0 Å². The molecule has 0 N–H and O–H groups in total. The Kier molecular flexibility index (Phi) is 3.21. The van der Waals surface area contributed by atoms with Crippen molar-refractivity contribution in [1.82, 2.24) is 0 Å². The minimum absolute atomic E-state index is 0.345. The molecule has 0 aromatic carbocycles. The number of ether oxygens (including phenoxy) is 3. The van der Waals surface area contributed by atoms with Crippen LogP contribution in [0.15, 0.2) is 22.8 Å². The molecule has 1 aliphatic heterocycles. The van der Waals surface area contributed by atoms with Gasteiger partial charge in [0.15, 0.2) is 11.4 Å². The second-order valence-corrected chi connectivity index (χ2v) is 5.00. The molecule has 0 spiro atoms. The quantitative estimate of drug-likeness (QED) is 0.774. The second kappa shape index (κ2) is 4.40. The molecule has 5 nitrogen and oxygen atoms in total. The average molecular weight is 254 g/mol. The molecule has 0 bridgehead atoms. The van der Waals surface area contributed by atoms with Gasteiger partial charge in [0.2, 0.25) is 0 Å². The van der Waals surface area contributed by atoms with Crippen molar-refractivity contribution in [2.45, 2.75) is 45.2 Å². The van der Waals surface area contributed by atoms with Crippen molar-refractivity contribution in [3.05, 3.63) is 24.2 Å².